The summed E-state index contributed by atoms with van der Waals surface area (Å²) in [5.41, 5.74) is 1.51. The molecule has 0 aliphatic rings. The summed E-state index contributed by atoms with van der Waals surface area (Å²) < 4.78 is 21.1. The summed E-state index contributed by atoms with van der Waals surface area (Å²) in [6.07, 6.45) is 3.20. The van der Waals surface area contributed by atoms with Crippen molar-refractivity contribution in [1.29, 1.82) is 0 Å². The second-order valence-electron chi connectivity index (χ2n) is 6.43. The SMILES string of the molecule is COc1cccc(/C=C/C(=O)c2ccc(OC(=O)c3c(OC)cccc3OC)cc2)c1. The minimum atomic E-state index is -0.619. The van der Waals surface area contributed by atoms with Gasteiger partial charge in [-0.05, 0) is 60.2 Å². The highest BCUT2D eigenvalue weighted by molar-refractivity contribution is 6.07. The topological polar surface area (TPSA) is 71.1 Å². The van der Waals surface area contributed by atoms with Gasteiger partial charge in [-0.15, -0.1) is 0 Å². The average Bonchev–Trinajstić information content (AvgIpc) is 2.82. The van der Waals surface area contributed by atoms with Gasteiger partial charge in [-0.1, -0.05) is 24.3 Å². The van der Waals surface area contributed by atoms with Gasteiger partial charge >= 0.3 is 5.97 Å². The predicted molar refractivity (Wildman–Crippen MR) is 117 cm³/mol. The fourth-order valence-electron chi connectivity index (χ4n) is 2.91. The van der Waals surface area contributed by atoms with Crippen LogP contribution in [0.3, 0.4) is 0 Å². The summed E-state index contributed by atoms with van der Waals surface area (Å²) in [6, 6.07) is 18.7. The van der Waals surface area contributed by atoms with E-state index in [4.69, 9.17) is 18.9 Å². The highest BCUT2D eigenvalue weighted by atomic mass is 16.5. The Morgan fingerprint density at radius 1 is 0.742 bits per heavy atom. The van der Waals surface area contributed by atoms with E-state index in [2.05, 4.69) is 0 Å². The minimum Gasteiger partial charge on any atom is -0.497 e. The third-order valence-corrected chi connectivity index (χ3v) is 4.50. The molecule has 3 rings (SSSR count). The molecule has 0 aromatic heterocycles. The van der Waals surface area contributed by atoms with Crippen molar-refractivity contribution in [2.75, 3.05) is 21.3 Å². The summed E-state index contributed by atoms with van der Waals surface area (Å²) >= 11 is 0. The van der Waals surface area contributed by atoms with Gasteiger partial charge in [0, 0.05) is 5.56 Å². The van der Waals surface area contributed by atoms with Crippen LogP contribution in [0.25, 0.3) is 6.08 Å². The molecule has 0 aliphatic carbocycles. The fraction of sp³-hybridized carbons (Fsp3) is 0.120. The van der Waals surface area contributed by atoms with Gasteiger partial charge < -0.3 is 18.9 Å². The fourth-order valence-corrected chi connectivity index (χ4v) is 2.91. The van der Waals surface area contributed by atoms with Crippen LogP contribution in [0, 0.1) is 0 Å². The Kier molecular flexibility index (Phi) is 7.06. The lowest BCUT2D eigenvalue weighted by Crippen LogP contribution is -2.12. The van der Waals surface area contributed by atoms with Gasteiger partial charge in [0.05, 0.1) is 21.3 Å². The molecular weight excluding hydrogens is 396 g/mol. The van der Waals surface area contributed by atoms with Crippen molar-refractivity contribution in [3.63, 3.8) is 0 Å². The Morgan fingerprint density at radius 2 is 1.39 bits per heavy atom. The third kappa shape index (κ3) is 5.30. The first kappa shape index (κ1) is 21.6. The molecule has 0 atom stereocenters. The summed E-state index contributed by atoms with van der Waals surface area (Å²) in [4.78, 5) is 25.1. The number of ether oxygens (including phenoxy) is 4. The Morgan fingerprint density at radius 3 is 2.00 bits per heavy atom. The van der Waals surface area contributed by atoms with Crippen molar-refractivity contribution in [3.05, 3.63) is 89.5 Å². The third-order valence-electron chi connectivity index (χ3n) is 4.50. The second-order valence-corrected chi connectivity index (χ2v) is 6.43. The maximum atomic E-state index is 12.6. The van der Waals surface area contributed by atoms with Crippen molar-refractivity contribution in [2.45, 2.75) is 0 Å². The van der Waals surface area contributed by atoms with E-state index < -0.39 is 5.97 Å². The van der Waals surface area contributed by atoms with Crippen LogP contribution < -0.4 is 18.9 Å². The largest absolute Gasteiger partial charge is 0.497 e. The number of carbonyl (C=O) groups is 2. The lowest BCUT2D eigenvalue weighted by molar-refractivity contribution is 0.0727. The van der Waals surface area contributed by atoms with Gasteiger partial charge in [0.1, 0.15) is 28.6 Å². The maximum Gasteiger partial charge on any atom is 0.351 e. The molecule has 0 bridgehead atoms. The molecule has 0 amide bonds. The van der Waals surface area contributed by atoms with E-state index in [1.807, 2.05) is 24.3 Å². The number of esters is 1. The molecule has 6 heteroatoms. The Bertz CT molecular complexity index is 1080. The van der Waals surface area contributed by atoms with Crippen LogP contribution in [0.15, 0.2) is 72.8 Å². The van der Waals surface area contributed by atoms with E-state index in [1.54, 1.807) is 55.7 Å². The van der Waals surface area contributed by atoms with Gasteiger partial charge in [-0.2, -0.15) is 0 Å². The Balaban J connectivity index is 1.71. The first-order valence-corrected chi connectivity index (χ1v) is 9.45. The van der Waals surface area contributed by atoms with Crippen LogP contribution in [-0.2, 0) is 0 Å². The molecule has 0 unspecified atom stereocenters. The van der Waals surface area contributed by atoms with Crippen LogP contribution in [0.5, 0.6) is 23.0 Å². The van der Waals surface area contributed by atoms with E-state index in [0.717, 1.165) is 5.56 Å². The summed E-state index contributed by atoms with van der Waals surface area (Å²) in [5.74, 6) is 0.912. The zero-order valence-electron chi connectivity index (χ0n) is 17.5. The molecule has 3 aromatic carbocycles. The van der Waals surface area contributed by atoms with Crippen molar-refractivity contribution >= 4 is 17.8 Å². The molecule has 0 heterocycles. The number of carbonyl (C=O) groups excluding carboxylic acids is 2. The van der Waals surface area contributed by atoms with E-state index in [9.17, 15) is 9.59 Å². The van der Waals surface area contributed by atoms with Crippen molar-refractivity contribution in [3.8, 4) is 23.0 Å². The Hall–Kier alpha value is -4.06. The van der Waals surface area contributed by atoms with E-state index in [0.29, 0.717) is 28.6 Å². The number of ketones is 1. The summed E-state index contributed by atoms with van der Waals surface area (Å²) in [7, 11) is 4.52. The van der Waals surface area contributed by atoms with Crippen LogP contribution >= 0.6 is 0 Å². The molecule has 6 nitrogen and oxygen atoms in total. The van der Waals surface area contributed by atoms with Crippen molar-refractivity contribution < 1.29 is 28.5 Å². The van der Waals surface area contributed by atoms with Crippen molar-refractivity contribution in [1.82, 2.24) is 0 Å². The normalized spacial score (nSPS) is 10.5. The predicted octanol–water partition coefficient (Wildman–Crippen LogP) is 4.83. The Labute approximate surface area is 180 Å². The van der Waals surface area contributed by atoms with Crippen LogP contribution in [0.4, 0.5) is 0 Å². The monoisotopic (exact) mass is 418 g/mol. The molecule has 0 fully saturated rings. The molecule has 0 saturated carbocycles. The quantitative estimate of drug-likeness (QED) is 0.226. The van der Waals surface area contributed by atoms with Gasteiger partial charge in [0.2, 0.25) is 0 Å². The van der Waals surface area contributed by atoms with E-state index >= 15 is 0 Å². The molecular formula is C25H22O6. The zero-order chi connectivity index (χ0) is 22.2. The molecule has 0 radical (unpaired) electrons. The number of hydrogen-bond acceptors (Lipinski definition) is 6. The van der Waals surface area contributed by atoms with Crippen molar-refractivity contribution in [2.24, 2.45) is 0 Å². The van der Waals surface area contributed by atoms with Gasteiger partial charge in [0.25, 0.3) is 0 Å². The summed E-state index contributed by atoms with van der Waals surface area (Å²) in [5, 5.41) is 0. The lowest BCUT2D eigenvalue weighted by Gasteiger charge is -2.12. The van der Waals surface area contributed by atoms with Crippen LogP contribution in [0.2, 0.25) is 0 Å². The first-order chi connectivity index (χ1) is 15.0. The van der Waals surface area contributed by atoms with Gasteiger partial charge in [-0.25, -0.2) is 4.79 Å². The molecule has 158 valence electrons. The van der Waals surface area contributed by atoms with Crippen LogP contribution in [0.1, 0.15) is 26.3 Å². The first-order valence-electron chi connectivity index (χ1n) is 9.45. The number of benzene rings is 3. The van der Waals surface area contributed by atoms with E-state index in [-0.39, 0.29) is 11.3 Å². The lowest BCUT2D eigenvalue weighted by atomic mass is 10.1. The van der Waals surface area contributed by atoms with E-state index in [1.165, 1.54) is 20.3 Å². The molecule has 0 N–H and O–H groups in total. The molecule has 0 spiro atoms. The highest BCUT2D eigenvalue weighted by Gasteiger charge is 2.20. The van der Waals surface area contributed by atoms with Crippen LogP contribution in [-0.4, -0.2) is 33.1 Å². The standard InChI is InChI=1S/C25H22O6/c1-28-20-7-4-6-17(16-20)10-15-21(26)18-11-13-19(14-12-18)31-25(27)24-22(29-2)8-5-9-23(24)30-3/h4-16H,1-3H3/b15-10+. The smallest absolute Gasteiger partial charge is 0.351 e. The highest BCUT2D eigenvalue weighted by Crippen LogP contribution is 2.29. The summed E-state index contributed by atoms with van der Waals surface area (Å²) in [6.45, 7) is 0. The molecule has 0 aliphatic heterocycles. The maximum absolute atomic E-state index is 12.6. The number of rotatable bonds is 8. The number of methoxy groups -OCH3 is 3. The molecule has 31 heavy (non-hydrogen) atoms. The second kappa shape index (κ2) is 10.1. The minimum absolute atomic E-state index is 0.174. The number of hydrogen-bond donors (Lipinski definition) is 0. The molecule has 0 saturated heterocycles. The number of allylic oxidation sites excluding steroid dienone is 1. The van der Waals surface area contributed by atoms with Gasteiger partial charge in [-0.3, -0.25) is 4.79 Å². The average molecular weight is 418 g/mol. The van der Waals surface area contributed by atoms with Gasteiger partial charge in [0.15, 0.2) is 5.78 Å². The zero-order valence-corrected chi connectivity index (χ0v) is 17.5. The molecule has 3 aromatic rings.